The van der Waals surface area contributed by atoms with Crippen LogP contribution in [0.2, 0.25) is 0 Å². The van der Waals surface area contributed by atoms with Crippen LogP contribution in [0.25, 0.3) is 0 Å². The summed E-state index contributed by atoms with van der Waals surface area (Å²) >= 11 is 0. The third-order valence-electron chi connectivity index (χ3n) is 5.03. The summed E-state index contributed by atoms with van der Waals surface area (Å²) < 4.78 is 5.83. The van der Waals surface area contributed by atoms with Crippen molar-refractivity contribution in [1.82, 2.24) is 0 Å². The van der Waals surface area contributed by atoms with Gasteiger partial charge in [0.2, 0.25) is 0 Å². The predicted molar refractivity (Wildman–Crippen MR) is 84.5 cm³/mol. The fourth-order valence-electron chi connectivity index (χ4n) is 4.00. The molecule has 0 spiro atoms. The molecule has 1 aliphatic carbocycles. The topological polar surface area (TPSA) is 35.2 Å². The van der Waals surface area contributed by atoms with Gasteiger partial charge in [0.05, 0.1) is 6.61 Å². The van der Waals surface area contributed by atoms with Crippen LogP contribution < -0.4 is 10.5 Å². The maximum absolute atomic E-state index is 6.85. The third kappa shape index (κ3) is 2.14. The molecular formula is C19H21NO. The van der Waals surface area contributed by atoms with Crippen molar-refractivity contribution in [2.45, 2.75) is 37.1 Å². The predicted octanol–water partition coefficient (Wildman–Crippen LogP) is 3.74. The Morgan fingerprint density at radius 2 is 1.90 bits per heavy atom. The van der Waals surface area contributed by atoms with Gasteiger partial charge in [0.25, 0.3) is 0 Å². The normalized spacial score (nSPS) is 26.8. The van der Waals surface area contributed by atoms with Crippen LogP contribution in [-0.2, 0) is 12.0 Å². The zero-order valence-corrected chi connectivity index (χ0v) is 12.2. The lowest BCUT2D eigenvalue weighted by Gasteiger charge is -2.37. The molecule has 2 nitrogen and oxygen atoms in total. The Hall–Kier alpha value is -1.80. The van der Waals surface area contributed by atoms with E-state index in [1.54, 1.807) is 0 Å². The second kappa shape index (κ2) is 4.88. The first kappa shape index (κ1) is 12.9. The quantitative estimate of drug-likeness (QED) is 0.908. The van der Waals surface area contributed by atoms with Gasteiger partial charge in [-0.15, -0.1) is 0 Å². The fourth-order valence-corrected chi connectivity index (χ4v) is 4.00. The van der Waals surface area contributed by atoms with Crippen molar-refractivity contribution >= 4 is 0 Å². The van der Waals surface area contributed by atoms with E-state index in [9.17, 15) is 0 Å². The van der Waals surface area contributed by atoms with E-state index in [0.717, 1.165) is 31.6 Å². The van der Waals surface area contributed by atoms with Crippen LogP contribution in [0.3, 0.4) is 0 Å². The number of para-hydroxylation sites is 1. The van der Waals surface area contributed by atoms with Crippen molar-refractivity contribution in [3.05, 3.63) is 65.2 Å². The van der Waals surface area contributed by atoms with Crippen LogP contribution in [0.5, 0.6) is 5.75 Å². The molecular weight excluding hydrogens is 258 g/mol. The molecule has 21 heavy (non-hydrogen) atoms. The maximum atomic E-state index is 6.85. The van der Waals surface area contributed by atoms with E-state index < -0.39 is 0 Å². The van der Waals surface area contributed by atoms with E-state index in [0.29, 0.717) is 5.92 Å². The minimum atomic E-state index is -0.208. The van der Waals surface area contributed by atoms with E-state index in [1.807, 2.05) is 6.07 Å². The first-order valence-corrected chi connectivity index (χ1v) is 7.85. The molecule has 0 aromatic heterocycles. The van der Waals surface area contributed by atoms with E-state index in [2.05, 4.69) is 42.5 Å². The molecule has 2 atom stereocenters. The fraction of sp³-hybridized carbons (Fsp3) is 0.368. The van der Waals surface area contributed by atoms with Gasteiger partial charge in [0.1, 0.15) is 5.75 Å². The van der Waals surface area contributed by atoms with Crippen LogP contribution >= 0.6 is 0 Å². The van der Waals surface area contributed by atoms with Crippen LogP contribution in [0.1, 0.15) is 41.9 Å². The van der Waals surface area contributed by atoms with E-state index in [1.165, 1.54) is 23.1 Å². The molecule has 0 saturated heterocycles. The molecule has 0 saturated carbocycles. The zero-order chi connectivity index (χ0) is 14.3. The third-order valence-corrected chi connectivity index (χ3v) is 5.03. The second-order valence-corrected chi connectivity index (χ2v) is 6.42. The molecule has 0 fully saturated rings. The van der Waals surface area contributed by atoms with Crippen molar-refractivity contribution in [1.29, 1.82) is 0 Å². The molecule has 108 valence electrons. The summed E-state index contributed by atoms with van der Waals surface area (Å²) in [5.41, 5.74) is 10.7. The molecule has 1 heterocycles. The first-order valence-electron chi connectivity index (χ1n) is 7.85. The highest BCUT2D eigenvalue weighted by Gasteiger charge is 2.37. The molecule has 0 amide bonds. The Morgan fingerprint density at radius 3 is 2.86 bits per heavy atom. The first-order chi connectivity index (χ1) is 10.3. The lowest BCUT2D eigenvalue weighted by molar-refractivity contribution is 0.270. The second-order valence-electron chi connectivity index (χ2n) is 6.42. The van der Waals surface area contributed by atoms with Crippen LogP contribution in [0.15, 0.2) is 48.5 Å². The highest BCUT2D eigenvalue weighted by molar-refractivity contribution is 5.42. The highest BCUT2D eigenvalue weighted by atomic mass is 16.5. The molecule has 2 heteroatoms. The van der Waals surface area contributed by atoms with Crippen molar-refractivity contribution in [3.8, 4) is 5.75 Å². The van der Waals surface area contributed by atoms with E-state index >= 15 is 0 Å². The molecule has 2 unspecified atom stereocenters. The molecule has 0 radical (unpaired) electrons. The summed E-state index contributed by atoms with van der Waals surface area (Å²) in [6.07, 6.45) is 4.39. The average Bonchev–Trinajstić information content (AvgIpc) is 2.91. The standard InChI is InChI=1S/C19H21NO/c20-19(11-5-7-14-6-1-3-9-17(14)19)12-15-13-21-18-10-4-2-8-16(15)18/h1-4,6,8-10,15H,5,7,11-13,20H2. The molecule has 2 aromatic carbocycles. The number of nitrogens with two attached hydrogens (primary N) is 1. The number of hydrogen-bond acceptors (Lipinski definition) is 2. The number of benzene rings is 2. The van der Waals surface area contributed by atoms with Gasteiger partial charge in [0.15, 0.2) is 0 Å². The number of fused-ring (bicyclic) bond motifs is 2. The van der Waals surface area contributed by atoms with Crippen molar-refractivity contribution in [3.63, 3.8) is 0 Å². The minimum absolute atomic E-state index is 0.208. The molecule has 0 bridgehead atoms. The summed E-state index contributed by atoms with van der Waals surface area (Å²) in [5, 5.41) is 0. The van der Waals surface area contributed by atoms with Crippen LogP contribution in [-0.4, -0.2) is 6.61 Å². The maximum Gasteiger partial charge on any atom is 0.122 e. The van der Waals surface area contributed by atoms with Gasteiger partial charge in [-0.05, 0) is 42.9 Å². The number of rotatable bonds is 2. The zero-order valence-electron chi connectivity index (χ0n) is 12.2. The van der Waals surface area contributed by atoms with Gasteiger partial charge in [-0.25, -0.2) is 0 Å². The lowest BCUT2D eigenvalue weighted by Crippen LogP contribution is -2.41. The minimum Gasteiger partial charge on any atom is -0.493 e. The summed E-state index contributed by atoms with van der Waals surface area (Å²) in [6.45, 7) is 0.764. The van der Waals surface area contributed by atoms with Crippen LogP contribution in [0, 0.1) is 0 Å². The van der Waals surface area contributed by atoms with E-state index in [-0.39, 0.29) is 5.54 Å². The Kier molecular flexibility index (Phi) is 3.00. The lowest BCUT2D eigenvalue weighted by atomic mass is 9.72. The van der Waals surface area contributed by atoms with Crippen molar-refractivity contribution in [2.75, 3.05) is 6.61 Å². The van der Waals surface area contributed by atoms with Gasteiger partial charge in [-0.2, -0.15) is 0 Å². The Labute approximate surface area is 125 Å². The van der Waals surface area contributed by atoms with Crippen molar-refractivity contribution in [2.24, 2.45) is 5.73 Å². The molecule has 1 aliphatic heterocycles. The molecule has 4 rings (SSSR count). The molecule has 2 N–H and O–H groups in total. The Balaban J connectivity index is 1.66. The van der Waals surface area contributed by atoms with Gasteiger partial charge < -0.3 is 10.5 Å². The molecule has 2 aliphatic rings. The van der Waals surface area contributed by atoms with Gasteiger partial charge in [0, 0.05) is 17.0 Å². The van der Waals surface area contributed by atoms with Crippen molar-refractivity contribution < 1.29 is 4.74 Å². The molecule has 2 aromatic rings. The van der Waals surface area contributed by atoms with Gasteiger partial charge in [-0.1, -0.05) is 42.5 Å². The summed E-state index contributed by atoms with van der Waals surface area (Å²) in [5.74, 6) is 1.45. The number of hydrogen-bond donors (Lipinski definition) is 1. The largest absolute Gasteiger partial charge is 0.493 e. The summed E-state index contributed by atoms with van der Waals surface area (Å²) in [7, 11) is 0. The number of aryl methyl sites for hydroxylation is 1. The summed E-state index contributed by atoms with van der Waals surface area (Å²) in [4.78, 5) is 0. The monoisotopic (exact) mass is 279 g/mol. The smallest absolute Gasteiger partial charge is 0.122 e. The highest BCUT2D eigenvalue weighted by Crippen LogP contribution is 2.44. The van der Waals surface area contributed by atoms with Gasteiger partial charge in [-0.3, -0.25) is 0 Å². The van der Waals surface area contributed by atoms with E-state index in [4.69, 9.17) is 10.5 Å². The Bertz CT molecular complexity index is 666. The van der Waals surface area contributed by atoms with Gasteiger partial charge >= 0.3 is 0 Å². The number of ether oxygens (including phenoxy) is 1. The van der Waals surface area contributed by atoms with Crippen LogP contribution in [0.4, 0.5) is 0 Å². The summed E-state index contributed by atoms with van der Waals surface area (Å²) in [6, 6.07) is 17.1. The SMILES string of the molecule is NC1(CC2COc3ccccc32)CCCc2ccccc21. The average molecular weight is 279 g/mol. The Morgan fingerprint density at radius 1 is 1.10 bits per heavy atom.